The number of benzene rings is 1. The van der Waals surface area contributed by atoms with Crippen LogP contribution in [-0.2, 0) is 0 Å². The first-order chi connectivity index (χ1) is 8.24. The first kappa shape index (κ1) is 10.5. The summed E-state index contributed by atoms with van der Waals surface area (Å²) in [5, 5.41) is 3.31. The maximum Gasteiger partial charge on any atom is 0.0994 e. The summed E-state index contributed by atoms with van der Waals surface area (Å²) in [6.45, 7) is 6.41. The van der Waals surface area contributed by atoms with E-state index in [0.717, 1.165) is 13.1 Å². The first-order valence-corrected chi connectivity index (χ1v) is 6.05. The molecule has 0 aliphatic carbocycles. The zero-order valence-electron chi connectivity index (χ0n) is 10.3. The first-order valence-electron chi connectivity index (χ1n) is 6.05. The zero-order chi connectivity index (χ0) is 11.8. The lowest BCUT2D eigenvalue weighted by Gasteiger charge is -2.28. The lowest BCUT2D eigenvalue weighted by Crippen LogP contribution is -2.40. The van der Waals surface area contributed by atoms with Crippen LogP contribution < -0.4 is 5.32 Å². The molecule has 1 aliphatic heterocycles. The fourth-order valence-corrected chi connectivity index (χ4v) is 2.41. The fraction of sp³-hybridized carbons (Fsp3) is 0.357. The number of aromatic nitrogens is 2. The molecule has 3 nitrogen and oxygen atoms in total. The van der Waals surface area contributed by atoms with Crippen LogP contribution in [0.25, 0.3) is 5.69 Å². The van der Waals surface area contributed by atoms with Gasteiger partial charge in [-0.3, -0.25) is 0 Å². The molecule has 0 bridgehead atoms. The second-order valence-electron chi connectivity index (χ2n) is 4.89. The number of nitrogens with zero attached hydrogens (tertiary/aromatic N) is 2. The summed E-state index contributed by atoms with van der Waals surface area (Å²) in [5.74, 6) is 0.610. The minimum Gasteiger partial charge on any atom is -0.315 e. The van der Waals surface area contributed by atoms with Crippen molar-refractivity contribution in [2.24, 2.45) is 0 Å². The Kier molecular flexibility index (Phi) is 2.48. The van der Waals surface area contributed by atoms with Gasteiger partial charge in [-0.1, -0.05) is 6.07 Å². The van der Waals surface area contributed by atoms with Crippen molar-refractivity contribution in [1.82, 2.24) is 14.9 Å². The van der Waals surface area contributed by atoms with E-state index < -0.39 is 0 Å². The van der Waals surface area contributed by atoms with Crippen LogP contribution in [0.2, 0.25) is 0 Å². The highest BCUT2D eigenvalue weighted by Gasteiger charge is 2.22. The average molecular weight is 227 g/mol. The normalized spacial score (nSPS) is 15.9. The zero-order valence-corrected chi connectivity index (χ0v) is 10.3. The molecule has 2 aromatic rings. The van der Waals surface area contributed by atoms with E-state index in [4.69, 9.17) is 0 Å². The van der Waals surface area contributed by atoms with E-state index in [9.17, 15) is 0 Å². The van der Waals surface area contributed by atoms with E-state index in [1.54, 1.807) is 0 Å². The summed E-state index contributed by atoms with van der Waals surface area (Å²) in [7, 11) is 0. The number of hydrogen-bond donors (Lipinski definition) is 1. The molecule has 1 aromatic carbocycles. The monoisotopic (exact) mass is 227 g/mol. The van der Waals surface area contributed by atoms with Gasteiger partial charge in [0.15, 0.2) is 0 Å². The Balaban J connectivity index is 2.05. The van der Waals surface area contributed by atoms with Gasteiger partial charge >= 0.3 is 0 Å². The Labute approximate surface area is 101 Å². The smallest absolute Gasteiger partial charge is 0.0994 e. The molecule has 1 N–H and O–H groups in total. The Bertz CT molecular complexity index is 518. The van der Waals surface area contributed by atoms with E-state index >= 15 is 0 Å². The summed E-state index contributed by atoms with van der Waals surface area (Å²) in [6, 6.07) is 6.62. The van der Waals surface area contributed by atoms with Crippen LogP contribution in [0.4, 0.5) is 0 Å². The average Bonchev–Trinajstić information content (AvgIpc) is 2.62. The summed E-state index contributed by atoms with van der Waals surface area (Å²) in [4.78, 5) is 4.30. The third-order valence-electron chi connectivity index (χ3n) is 3.35. The maximum atomic E-state index is 4.30. The predicted molar refractivity (Wildman–Crippen MR) is 68.6 cm³/mol. The minimum atomic E-state index is 0.610. The molecule has 0 saturated carbocycles. The second-order valence-corrected chi connectivity index (χ2v) is 4.89. The van der Waals surface area contributed by atoms with Gasteiger partial charge in [0.1, 0.15) is 0 Å². The molecule has 0 spiro atoms. The van der Waals surface area contributed by atoms with E-state index in [1.165, 1.54) is 22.5 Å². The molecule has 0 amide bonds. The Morgan fingerprint density at radius 2 is 1.88 bits per heavy atom. The fourth-order valence-electron chi connectivity index (χ4n) is 2.41. The van der Waals surface area contributed by atoms with Crippen molar-refractivity contribution in [1.29, 1.82) is 0 Å². The van der Waals surface area contributed by atoms with Gasteiger partial charge in [0, 0.05) is 36.6 Å². The van der Waals surface area contributed by atoms with Gasteiger partial charge in [-0.05, 0) is 37.1 Å². The molecule has 3 rings (SSSR count). The van der Waals surface area contributed by atoms with Gasteiger partial charge in [0.2, 0.25) is 0 Å². The van der Waals surface area contributed by atoms with Crippen molar-refractivity contribution in [2.75, 3.05) is 13.1 Å². The molecular formula is C14H17N3. The van der Waals surface area contributed by atoms with Crippen molar-refractivity contribution in [3.8, 4) is 5.69 Å². The van der Waals surface area contributed by atoms with Crippen molar-refractivity contribution in [3.05, 3.63) is 47.5 Å². The largest absolute Gasteiger partial charge is 0.315 e. The Morgan fingerprint density at radius 3 is 2.47 bits per heavy atom. The van der Waals surface area contributed by atoms with E-state index in [2.05, 4.69) is 46.9 Å². The van der Waals surface area contributed by atoms with Crippen LogP contribution in [0.1, 0.15) is 22.7 Å². The van der Waals surface area contributed by atoms with Crippen LogP contribution >= 0.6 is 0 Å². The number of nitrogens with one attached hydrogen (secondary N) is 1. The van der Waals surface area contributed by atoms with E-state index in [-0.39, 0.29) is 0 Å². The van der Waals surface area contributed by atoms with Crippen LogP contribution in [0.5, 0.6) is 0 Å². The SMILES string of the molecule is Cc1cc(C)cc(-n2cncc2C2CNC2)c1. The number of imidazole rings is 1. The summed E-state index contributed by atoms with van der Waals surface area (Å²) in [5.41, 5.74) is 5.13. The van der Waals surface area contributed by atoms with Gasteiger partial charge in [-0.15, -0.1) is 0 Å². The standard InChI is InChI=1S/C14H17N3/c1-10-3-11(2)5-13(4-10)17-9-16-8-14(17)12-6-15-7-12/h3-5,8-9,12,15H,6-7H2,1-2H3. The Hall–Kier alpha value is -1.61. The van der Waals surface area contributed by atoms with Crippen LogP contribution in [0.3, 0.4) is 0 Å². The van der Waals surface area contributed by atoms with Crippen molar-refractivity contribution in [3.63, 3.8) is 0 Å². The lowest BCUT2D eigenvalue weighted by atomic mass is 9.99. The topological polar surface area (TPSA) is 29.9 Å². The number of rotatable bonds is 2. The predicted octanol–water partition coefficient (Wildman–Crippen LogP) is 2.18. The van der Waals surface area contributed by atoms with Crippen LogP contribution in [-0.4, -0.2) is 22.6 Å². The van der Waals surface area contributed by atoms with Gasteiger partial charge < -0.3 is 9.88 Å². The van der Waals surface area contributed by atoms with E-state index in [1.807, 2.05) is 12.5 Å². The summed E-state index contributed by atoms with van der Waals surface area (Å²) >= 11 is 0. The molecule has 1 saturated heterocycles. The van der Waals surface area contributed by atoms with Gasteiger partial charge in [-0.2, -0.15) is 0 Å². The third kappa shape index (κ3) is 1.87. The number of aryl methyl sites for hydroxylation is 2. The molecule has 3 heteroatoms. The van der Waals surface area contributed by atoms with Crippen LogP contribution in [0.15, 0.2) is 30.7 Å². The quantitative estimate of drug-likeness (QED) is 0.852. The van der Waals surface area contributed by atoms with E-state index in [0.29, 0.717) is 5.92 Å². The van der Waals surface area contributed by atoms with Crippen LogP contribution in [0, 0.1) is 13.8 Å². The molecular weight excluding hydrogens is 210 g/mol. The van der Waals surface area contributed by atoms with Crippen molar-refractivity contribution < 1.29 is 0 Å². The van der Waals surface area contributed by atoms with Gasteiger partial charge in [-0.25, -0.2) is 4.98 Å². The highest BCUT2D eigenvalue weighted by atomic mass is 15.1. The molecule has 1 aliphatic rings. The van der Waals surface area contributed by atoms with Gasteiger partial charge in [0.25, 0.3) is 0 Å². The molecule has 17 heavy (non-hydrogen) atoms. The maximum absolute atomic E-state index is 4.30. The highest BCUT2D eigenvalue weighted by Crippen LogP contribution is 2.23. The van der Waals surface area contributed by atoms with Gasteiger partial charge in [0.05, 0.1) is 6.33 Å². The van der Waals surface area contributed by atoms with Crippen molar-refractivity contribution in [2.45, 2.75) is 19.8 Å². The summed E-state index contributed by atoms with van der Waals surface area (Å²) in [6.07, 6.45) is 3.91. The molecule has 0 radical (unpaired) electrons. The lowest BCUT2D eigenvalue weighted by molar-refractivity contribution is 0.435. The molecule has 88 valence electrons. The second kappa shape index (κ2) is 4.00. The number of hydrogen-bond acceptors (Lipinski definition) is 2. The molecule has 2 heterocycles. The summed E-state index contributed by atoms with van der Waals surface area (Å²) < 4.78 is 2.21. The van der Waals surface area contributed by atoms with Crippen molar-refractivity contribution >= 4 is 0 Å². The molecule has 0 unspecified atom stereocenters. The molecule has 1 fully saturated rings. The minimum absolute atomic E-state index is 0.610. The Morgan fingerprint density at radius 1 is 1.18 bits per heavy atom. The highest BCUT2D eigenvalue weighted by molar-refractivity contribution is 5.41. The molecule has 0 atom stereocenters. The third-order valence-corrected chi connectivity index (χ3v) is 3.35. The molecule has 1 aromatic heterocycles.